The number of hydrogen-bond donors (Lipinski definition) is 0. The lowest BCUT2D eigenvalue weighted by molar-refractivity contribution is -0.135. The molecule has 2 fully saturated rings. The van der Waals surface area contributed by atoms with E-state index < -0.39 is 5.54 Å². The molecule has 30 heavy (non-hydrogen) atoms. The van der Waals surface area contributed by atoms with Gasteiger partial charge in [0.1, 0.15) is 5.54 Å². The van der Waals surface area contributed by atoms with Gasteiger partial charge in [0.05, 0.1) is 0 Å². The topological polar surface area (TPSA) is 43.9 Å². The number of imide groups is 1. The van der Waals surface area contributed by atoms with Crippen LogP contribution in [0.15, 0.2) is 54.6 Å². The molecule has 0 atom stereocenters. The predicted octanol–water partition coefficient (Wildman–Crippen LogP) is 3.86. The van der Waals surface area contributed by atoms with E-state index in [0.29, 0.717) is 25.9 Å². The van der Waals surface area contributed by atoms with Gasteiger partial charge in [0.2, 0.25) is 0 Å². The van der Waals surface area contributed by atoms with Crippen LogP contribution in [-0.4, -0.2) is 58.4 Å². The fourth-order valence-electron chi connectivity index (χ4n) is 4.77. The third-order valence-electron chi connectivity index (χ3n) is 6.61. The maximum Gasteiger partial charge on any atom is 0.327 e. The van der Waals surface area contributed by atoms with Crippen LogP contribution in [0.2, 0.25) is 0 Å². The van der Waals surface area contributed by atoms with Crippen molar-refractivity contribution in [2.45, 2.75) is 45.2 Å². The highest BCUT2D eigenvalue weighted by molar-refractivity contribution is 6.07. The Morgan fingerprint density at radius 2 is 1.57 bits per heavy atom. The number of nitrogens with zero attached hydrogens (tertiary/aromatic N) is 3. The van der Waals surface area contributed by atoms with Gasteiger partial charge >= 0.3 is 6.03 Å². The van der Waals surface area contributed by atoms with E-state index >= 15 is 0 Å². The Hall–Kier alpha value is -2.66. The first-order valence-corrected chi connectivity index (χ1v) is 11.0. The van der Waals surface area contributed by atoms with E-state index in [1.54, 1.807) is 0 Å². The van der Waals surface area contributed by atoms with E-state index in [4.69, 9.17) is 0 Å². The lowest BCUT2D eigenvalue weighted by Crippen LogP contribution is -2.56. The van der Waals surface area contributed by atoms with Gasteiger partial charge in [-0.1, -0.05) is 60.2 Å². The fourth-order valence-corrected chi connectivity index (χ4v) is 4.77. The minimum atomic E-state index is -0.675. The predicted molar refractivity (Wildman–Crippen MR) is 118 cm³/mol. The van der Waals surface area contributed by atoms with Gasteiger partial charge in [-0.15, -0.1) is 0 Å². The van der Waals surface area contributed by atoms with Crippen LogP contribution in [0.25, 0.3) is 0 Å². The highest BCUT2D eigenvalue weighted by atomic mass is 16.2. The molecule has 2 aromatic carbocycles. The summed E-state index contributed by atoms with van der Waals surface area (Å²) in [5, 5.41) is 0. The van der Waals surface area contributed by atoms with Crippen molar-refractivity contribution in [2.75, 3.05) is 26.2 Å². The third-order valence-corrected chi connectivity index (χ3v) is 6.61. The van der Waals surface area contributed by atoms with Crippen LogP contribution in [0.3, 0.4) is 0 Å². The molecule has 0 bridgehead atoms. The van der Waals surface area contributed by atoms with Crippen molar-refractivity contribution < 1.29 is 9.59 Å². The van der Waals surface area contributed by atoms with Crippen LogP contribution >= 0.6 is 0 Å². The minimum absolute atomic E-state index is 0.00181. The molecule has 0 N–H and O–H groups in total. The first-order valence-electron chi connectivity index (χ1n) is 11.0. The number of aryl methyl sites for hydroxylation is 1. The maximum absolute atomic E-state index is 13.3. The molecule has 0 aliphatic carbocycles. The molecule has 3 amide bonds. The van der Waals surface area contributed by atoms with Gasteiger partial charge in [-0.3, -0.25) is 14.6 Å². The molecule has 2 aromatic rings. The molecule has 158 valence electrons. The van der Waals surface area contributed by atoms with E-state index in [2.05, 4.69) is 48.2 Å². The maximum atomic E-state index is 13.3. The van der Waals surface area contributed by atoms with Gasteiger partial charge in [-0.2, -0.15) is 0 Å². The van der Waals surface area contributed by atoms with Crippen molar-refractivity contribution >= 4 is 11.9 Å². The summed E-state index contributed by atoms with van der Waals surface area (Å²) in [7, 11) is 0. The Morgan fingerprint density at radius 3 is 2.20 bits per heavy atom. The van der Waals surface area contributed by atoms with Gasteiger partial charge in [0.15, 0.2) is 0 Å². The minimum Gasteiger partial charge on any atom is -0.309 e. The zero-order chi connectivity index (χ0) is 21.1. The molecule has 2 aliphatic heterocycles. The molecule has 5 nitrogen and oxygen atoms in total. The highest BCUT2D eigenvalue weighted by Gasteiger charge is 2.57. The Labute approximate surface area is 179 Å². The molecular formula is C25H31N3O2. The lowest BCUT2D eigenvalue weighted by atomic mass is 9.85. The SMILES string of the molecule is CCN1C(=O)N(CCc2ccccc2)C2(CCN(Cc3ccc(C)cc3)CC2)C1=O. The quantitative estimate of drug-likeness (QED) is 0.686. The normalized spacial score (nSPS) is 19.1. The van der Waals surface area contributed by atoms with E-state index in [0.717, 1.165) is 26.1 Å². The number of carbonyl (C=O) groups excluding carboxylic acids is 2. The van der Waals surface area contributed by atoms with Crippen molar-refractivity contribution in [2.24, 2.45) is 0 Å². The molecule has 2 heterocycles. The summed E-state index contributed by atoms with van der Waals surface area (Å²) in [6.45, 7) is 7.55. The zero-order valence-corrected chi connectivity index (χ0v) is 18.0. The molecule has 0 saturated carbocycles. The second-order valence-electron chi connectivity index (χ2n) is 8.51. The smallest absolute Gasteiger partial charge is 0.309 e. The molecule has 5 heteroatoms. The molecule has 0 unspecified atom stereocenters. The monoisotopic (exact) mass is 405 g/mol. The summed E-state index contributed by atoms with van der Waals surface area (Å²) < 4.78 is 0. The van der Waals surface area contributed by atoms with Gasteiger partial charge in [-0.25, -0.2) is 4.79 Å². The largest absolute Gasteiger partial charge is 0.327 e. The van der Waals surface area contributed by atoms with Crippen LogP contribution < -0.4 is 0 Å². The van der Waals surface area contributed by atoms with Crippen LogP contribution in [-0.2, 0) is 17.8 Å². The summed E-state index contributed by atoms with van der Waals surface area (Å²) in [5.41, 5.74) is 3.08. The lowest BCUT2D eigenvalue weighted by Gasteiger charge is -2.42. The highest BCUT2D eigenvalue weighted by Crippen LogP contribution is 2.37. The number of amides is 3. The fraction of sp³-hybridized carbons (Fsp3) is 0.440. The molecule has 0 aromatic heterocycles. The number of likely N-dealkylation sites (tertiary alicyclic amines) is 1. The summed E-state index contributed by atoms with van der Waals surface area (Å²) in [6, 6.07) is 18.7. The van der Waals surface area contributed by atoms with Gasteiger partial charge < -0.3 is 4.90 Å². The first-order chi connectivity index (χ1) is 14.5. The number of likely N-dealkylation sites (N-methyl/N-ethyl adjacent to an activating group) is 1. The second kappa shape index (κ2) is 8.60. The zero-order valence-electron chi connectivity index (χ0n) is 18.0. The van der Waals surface area contributed by atoms with Crippen molar-refractivity contribution in [1.82, 2.24) is 14.7 Å². The van der Waals surface area contributed by atoms with Gasteiger partial charge in [-0.05, 0) is 44.2 Å². The second-order valence-corrected chi connectivity index (χ2v) is 8.51. The molecule has 4 rings (SSSR count). The molecule has 2 aliphatic rings. The van der Waals surface area contributed by atoms with Gasteiger partial charge in [0.25, 0.3) is 5.91 Å². The summed E-state index contributed by atoms with van der Waals surface area (Å²) in [4.78, 5) is 32.1. The Kier molecular flexibility index (Phi) is 5.91. The first kappa shape index (κ1) is 20.6. The van der Waals surface area contributed by atoms with Crippen LogP contribution in [0, 0.1) is 6.92 Å². The Balaban J connectivity index is 1.47. The summed E-state index contributed by atoms with van der Waals surface area (Å²) >= 11 is 0. The molecule has 1 spiro atoms. The van der Waals surface area contributed by atoms with Crippen molar-refractivity contribution in [3.8, 4) is 0 Å². The van der Waals surface area contributed by atoms with Crippen molar-refractivity contribution in [3.63, 3.8) is 0 Å². The number of urea groups is 1. The van der Waals surface area contributed by atoms with Crippen LogP contribution in [0.1, 0.15) is 36.5 Å². The third kappa shape index (κ3) is 3.86. The summed E-state index contributed by atoms with van der Waals surface area (Å²) in [5.74, 6) is -0.00181. The number of hydrogen-bond acceptors (Lipinski definition) is 3. The van der Waals surface area contributed by atoms with E-state index in [-0.39, 0.29) is 11.9 Å². The Bertz CT molecular complexity index is 886. The molecular weight excluding hydrogens is 374 g/mol. The average Bonchev–Trinajstić information content (AvgIpc) is 2.96. The van der Waals surface area contributed by atoms with E-state index in [9.17, 15) is 9.59 Å². The van der Waals surface area contributed by atoms with Crippen LogP contribution in [0.5, 0.6) is 0 Å². The Morgan fingerprint density at radius 1 is 0.900 bits per heavy atom. The van der Waals surface area contributed by atoms with Crippen molar-refractivity contribution in [3.05, 3.63) is 71.3 Å². The standard InChI is InChI=1S/C25H31N3O2/c1-3-27-23(29)25(28(24(27)30)16-13-21-7-5-4-6-8-21)14-17-26(18-15-25)19-22-11-9-20(2)10-12-22/h4-12H,3,13-19H2,1-2H3. The number of piperidine rings is 1. The van der Waals surface area contributed by atoms with Gasteiger partial charge in [0, 0.05) is 32.7 Å². The molecule has 2 saturated heterocycles. The summed E-state index contributed by atoms with van der Waals surface area (Å²) in [6.07, 6.45) is 2.18. The number of carbonyl (C=O) groups is 2. The molecule has 0 radical (unpaired) electrons. The van der Waals surface area contributed by atoms with E-state index in [1.807, 2.05) is 30.0 Å². The average molecular weight is 406 g/mol. The van der Waals surface area contributed by atoms with E-state index in [1.165, 1.54) is 21.6 Å². The van der Waals surface area contributed by atoms with Crippen LogP contribution in [0.4, 0.5) is 4.79 Å². The number of rotatable bonds is 6. The van der Waals surface area contributed by atoms with Crippen molar-refractivity contribution in [1.29, 1.82) is 0 Å². The number of benzene rings is 2.